The fraction of sp³-hybridized carbons (Fsp3) is 0.111. The van der Waals surface area contributed by atoms with Crippen molar-refractivity contribution in [2.24, 2.45) is 0 Å². The number of nitrogens with zero attached hydrogens (tertiary/aromatic N) is 6. The summed E-state index contributed by atoms with van der Waals surface area (Å²) in [5.41, 5.74) is 7.24. The van der Waals surface area contributed by atoms with Crippen molar-refractivity contribution >= 4 is 17.1 Å². The summed E-state index contributed by atoms with van der Waals surface area (Å²) in [5, 5.41) is 12.1. The van der Waals surface area contributed by atoms with Crippen molar-refractivity contribution in [3.63, 3.8) is 0 Å². The Kier molecular flexibility index (Phi) is 15.3. The predicted molar refractivity (Wildman–Crippen MR) is 175 cm³/mol. The number of aromatic amines is 2. The number of nitrogens with one attached hydrogen (secondary N) is 2. The van der Waals surface area contributed by atoms with Gasteiger partial charge in [0.1, 0.15) is 0 Å². The van der Waals surface area contributed by atoms with Gasteiger partial charge in [-0.3, -0.25) is 6.08 Å². The van der Waals surface area contributed by atoms with Gasteiger partial charge in [-0.05, 0) is 50.5 Å². The van der Waals surface area contributed by atoms with Crippen molar-refractivity contribution in [1.82, 2.24) is 30.2 Å². The molecule has 8 nitrogen and oxygen atoms in total. The smallest absolute Gasteiger partial charge is 0.0335 e. The average molecular weight is 969 g/mol. The number of H-pyrrole nitrogens is 2. The van der Waals surface area contributed by atoms with Gasteiger partial charge in [0.25, 0.3) is 0 Å². The van der Waals surface area contributed by atoms with Gasteiger partial charge in [-0.1, -0.05) is 36.8 Å². The van der Waals surface area contributed by atoms with Gasteiger partial charge < -0.3 is 40.0 Å². The van der Waals surface area contributed by atoms with Crippen LogP contribution in [0.4, 0.5) is 17.1 Å². The number of fused-ring (bicyclic) bond motifs is 1. The maximum atomic E-state index is 3.47. The van der Waals surface area contributed by atoms with Gasteiger partial charge in [-0.25, -0.2) is 12.2 Å². The van der Waals surface area contributed by atoms with Crippen molar-refractivity contribution in [2.75, 3.05) is 23.9 Å². The Labute approximate surface area is 301 Å². The number of allylic oxidation sites excluding steroid dienone is 9. The molecule has 0 saturated carbocycles. The molecule has 0 unspecified atom stereocenters. The summed E-state index contributed by atoms with van der Waals surface area (Å²) in [4.78, 5) is 8.68. The first-order valence-electron chi connectivity index (χ1n) is 14.2. The zero-order valence-corrected chi connectivity index (χ0v) is 30.0. The molecule has 2 aliphatic heterocycles. The summed E-state index contributed by atoms with van der Waals surface area (Å²) in [5.74, 6) is 0. The van der Waals surface area contributed by atoms with Crippen LogP contribution in [0.2, 0.25) is 0 Å². The monoisotopic (exact) mass is 968 g/mol. The number of rotatable bonds is 2. The molecule has 2 N–H and O–H groups in total. The maximum Gasteiger partial charge on any atom is 0.0335 e. The van der Waals surface area contributed by atoms with Gasteiger partial charge in [0, 0.05) is 64.9 Å². The number of aromatic nitrogens is 4. The minimum absolute atomic E-state index is 0. The summed E-state index contributed by atoms with van der Waals surface area (Å²) < 4.78 is 0. The van der Waals surface area contributed by atoms with Gasteiger partial charge in [0.05, 0.1) is 0 Å². The molecule has 8 rings (SSSR count). The molecule has 0 spiro atoms. The SMILES string of the molecule is CN1[CH-]N(C2=CC=CC=[C-]C2)C2=C1C=CCC=C2.CN1[CH-]N(c2[c-]cccc2)c2ccccc21.[Pt].[Pt].[c-]1cc[nH]n1.[c-]1cc[nH]n1. The molecular formula is C36H34N8Pt2-6. The molecule has 0 bridgehead atoms. The Morgan fingerprint density at radius 3 is 2.04 bits per heavy atom. The molecule has 0 fully saturated rings. The number of hydrogen-bond donors (Lipinski definition) is 2. The third-order valence-corrected chi connectivity index (χ3v) is 6.71. The molecule has 2 aromatic carbocycles. The zero-order valence-electron chi connectivity index (χ0n) is 25.4. The molecule has 46 heavy (non-hydrogen) atoms. The van der Waals surface area contributed by atoms with Crippen LogP contribution in [0.25, 0.3) is 0 Å². The van der Waals surface area contributed by atoms with E-state index in [1.807, 2.05) is 30.4 Å². The van der Waals surface area contributed by atoms with Crippen molar-refractivity contribution in [2.45, 2.75) is 12.8 Å². The topological polar surface area (TPSA) is 70.3 Å². The fourth-order valence-electron chi connectivity index (χ4n) is 4.68. The van der Waals surface area contributed by atoms with E-state index < -0.39 is 0 Å². The number of benzene rings is 2. The van der Waals surface area contributed by atoms with E-state index in [0.717, 1.165) is 18.5 Å². The second kappa shape index (κ2) is 19.4. The molecule has 0 saturated heterocycles. The molecule has 0 atom stereocenters. The molecule has 4 heterocycles. The van der Waals surface area contributed by atoms with Crippen LogP contribution in [0.1, 0.15) is 12.8 Å². The molecule has 0 amide bonds. The van der Waals surface area contributed by atoms with E-state index in [4.69, 9.17) is 0 Å². The molecule has 4 aliphatic rings. The maximum absolute atomic E-state index is 3.47. The largest absolute Gasteiger partial charge is 0.504 e. The third-order valence-electron chi connectivity index (χ3n) is 6.71. The van der Waals surface area contributed by atoms with Crippen LogP contribution in [0, 0.1) is 37.9 Å². The molecule has 0 radical (unpaired) electrons. The number of hydrogen-bond acceptors (Lipinski definition) is 6. The predicted octanol–water partition coefficient (Wildman–Crippen LogP) is 6.89. The molecule has 244 valence electrons. The first-order chi connectivity index (χ1) is 21.7. The Morgan fingerprint density at radius 2 is 1.41 bits per heavy atom. The fourth-order valence-corrected chi connectivity index (χ4v) is 4.68. The Morgan fingerprint density at radius 1 is 0.739 bits per heavy atom. The number of para-hydroxylation sites is 3. The van der Waals surface area contributed by atoms with Crippen molar-refractivity contribution < 1.29 is 42.1 Å². The van der Waals surface area contributed by atoms with Crippen LogP contribution in [-0.4, -0.2) is 44.3 Å². The van der Waals surface area contributed by atoms with E-state index in [9.17, 15) is 0 Å². The minimum Gasteiger partial charge on any atom is -0.504 e. The molecule has 2 aromatic heterocycles. The van der Waals surface area contributed by atoms with Gasteiger partial charge in [-0.2, -0.15) is 55.8 Å². The van der Waals surface area contributed by atoms with Crippen LogP contribution in [0.3, 0.4) is 0 Å². The first-order valence-corrected chi connectivity index (χ1v) is 14.2. The molecule has 2 aliphatic carbocycles. The summed E-state index contributed by atoms with van der Waals surface area (Å²) in [6.07, 6.45) is 30.6. The van der Waals surface area contributed by atoms with Crippen molar-refractivity contribution in [1.29, 1.82) is 0 Å². The minimum atomic E-state index is 0. The van der Waals surface area contributed by atoms with Crippen LogP contribution in [0.5, 0.6) is 0 Å². The van der Waals surface area contributed by atoms with E-state index in [1.54, 1.807) is 24.5 Å². The normalized spacial score (nSPS) is 15.3. The van der Waals surface area contributed by atoms with E-state index in [1.165, 1.54) is 28.5 Å². The number of anilines is 3. The summed E-state index contributed by atoms with van der Waals surface area (Å²) in [6, 6.07) is 23.0. The van der Waals surface area contributed by atoms with Crippen molar-refractivity contribution in [3.8, 4) is 0 Å². The van der Waals surface area contributed by atoms with E-state index in [-0.39, 0.29) is 42.1 Å². The molecule has 10 heteroatoms. The Hall–Kier alpha value is -4.12. The van der Waals surface area contributed by atoms with Crippen LogP contribution < -0.4 is 9.80 Å². The van der Waals surface area contributed by atoms with E-state index >= 15 is 0 Å². The van der Waals surface area contributed by atoms with E-state index in [0.29, 0.717) is 0 Å². The zero-order chi connectivity index (χ0) is 30.4. The van der Waals surface area contributed by atoms with Crippen LogP contribution in [-0.2, 0) is 42.1 Å². The second-order valence-corrected chi connectivity index (χ2v) is 9.74. The van der Waals surface area contributed by atoms with Gasteiger partial charge in [-0.15, -0.1) is 36.6 Å². The Bertz CT molecular complexity index is 1550. The standard InChI is InChI=1S/C16H16N2.C14H12N2.2C3H3N2.2Pt/c1-17-13-18(14-9-5-2-3-6-10-14)16-12-8-4-7-11-15(16)17;1-15-11-16(12-7-3-2-4-8-12)14-10-6-5-9-13(14)15;2*1-2-4-5-3-1;;/h2-3,5,7-9,11-13H,4,10H2,1H3;2-7,9-11H,1H3;2*1-2H,(H,4,5);;/q2*-2;2*-1;;. The summed E-state index contributed by atoms with van der Waals surface area (Å²) >= 11 is 0. The van der Waals surface area contributed by atoms with Gasteiger partial charge >= 0.3 is 0 Å². The molecule has 4 aromatic rings. The first kappa shape index (κ1) is 36.3. The van der Waals surface area contributed by atoms with Gasteiger partial charge in [0.2, 0.25) is 0 Å². The second-order valence-electron chi connectivity index (χ2n) is 9.74. The average Bonchev–Trinajstić information content (AvgIpc) is 3.87. The Balaban J connectivity index is 0.000000187. The van der Waals surface area contributed by atoms with Gasteiger partial charge in [0.15, 0.2) is 0 Å². The number of likely N-dealkylation sites (N-methyl/N-ethyl adjacent to an activating group) is 1. The quantitative estimate of drug-likeness (QED) is 0.214. The summed E-state index contributed by atoms with van der Waals surface area (Å²) in [7, 11) is 4.15. The summed E-state index contributed by atoms with van der Waals surface area (Å²) in [6.45, 7) is 4.22. The third kappa shape index (κ3) is 9.94. The van der Waals surface area contributed by atoms with Crippen LogP contribution in [0.15, 0.2) is 139 Å². The van der Waals surface area contributed by atoms with Crippen molar-refractivity contribution in [3.05, 3.63) is 177 Å². The molecular weight excluding hydrogens is 935 g/mol. The van der Waals surface area contributed by atoms with E-state index in [2.05, 4.69) is 159 Å². The van der Waals surface area contributed by atoms with Crippen LogP contribution >= 0.6 is 0 Å².